The fourth-order valence-electron chi connectivity index (χ4n) is 10.6. The van der Waals surface area contributed by atoms with Crippen molar-refractivity contribution in [3.63, 3.8) is 0 Å². The average Bonchev–Trinajstić information content (AvgIpc) is 0.835. The van der Waals surface area contributed by atoms with Crippen LogP contribution in [0.15, 0.2) is 195 Å². The molecule has 9 aromatic rings. The molecule has 0 aliphatic rings. The zero-order valence-corrected chi connectivity index (χ0v) is 89.0. The summed E-state index contributed by atoms with van der Waals surface area (Å²) in [5.74, 6) is -2.14. The Morgan fingerprint density at radius 2 is 0.701 bits per heavy atom. The summed E-state index contributed by atoms with van der Waals surface area (Å²) in [6.45, 7) is 18.8. The molecule has 134 heavy (non-hydrogen) atoms. The van der Waals surface area contributed by atoms with E-state index in [4.69, 9.17) is 27.1 Å². The summed E-state index contributed by atoms with van der Waals surface area (Å²) in [4.78, 5) is 120. The van der Waals surface area contributed by atoms with Crippen molar-refractivity contribution in [2.45, 2.75) is 105 Å². The number of anilines is 15. The summed E-state index contributed by atoms with van der Waals surface area (Å²) < 4.78 is 46.0. The number of hydrogen-bond donors (Lipinski definition) is 13. The number of likely N-dealkylation sites (N-methyl/N-ethyl adjacent to an activating group) is 4. The Hall–Kier alpha value is -9.68. The molecule has 3 heterocycles. The Morgan fingerprint density at radius 1 is 0.410 bits per heavy atom. The molecule has 3 atom stereocenters. The molecule has 0 bridgehead atoms. The smallest absolute Gasteiger partial charge is 0.410 e. The second kappa shape index (κ2) is 62.1. The summed E-state index contributed by atoms with van der Waals surface area (Å²) in [5.41, 5.74) is 6.55. The average molecular weight is 2150 g/mol. The first-order valence-corrected chi connectivity index (χ1v) is 62.0. The molecule has 28 nitrogen and oxygen atoms in total. The van der Waals surface area contributed by atoms with Gasteiger partial charge in [0.25, 0.3) is 17.7 Å². The van der Waals surface area contributed by atoms with E-state index in [0.717, 1.165) is 19.3 Å². The molecule has 0 aliphatic heterocycles. The van der Waals surface area contributed by atoms with E-state index >= 15 is 0 Å². The molecule has 0 aliphatic carbocycles. The number of hydrogen-bond acceptors (Lipinski definition) is 22. The summed E-state index contributed by atoms with van der Waals surface area (Å²) in [6, 6.07) is 41.6. The van der Waals surface area contributed by atoms with E-state index in [1.807, 2.05) is 39.8 Å². The maximum Gasteiger partial charge on any atom is 0.410 e. The SMILES string of the molecule is CCCNc1cc(Nc2cccc(F)c2)ncc1C(=O)Nc1cccc(NC(=O)[C@H](C)N(C)C(=O)/C=C/CN(C)C)c1.CCCNc1cc(Nc2cccc(F)c2)ncc1C(=O)Nc1cccc(NC(=O)[C@H](C)N(C)C(=O)OC(C)(C)C)c1.CCCNc1cc(Nc2cccc(F)c2)ncc1C(=O)Nc1cccc(NC(=O)[C@H](C)NC)c1.S=S=S=S=S=S=S=S=S=S=S=S=S=S=S=S=S. The normalized spacial score (nSPS) is 11.1. The molecule has 720 valence electrons. The molecule has 6 aromatic carbocycles. The molecule has 9 rings (SSSR count). The Labute approximate surface area is 830 Å². The highest BCUT2D eigenvalue weighted by molar-refractivity contribution is 8.77. The topological polar surface area (TPSA) is 351 Å². The number of carbonyl (C=O) groups is 8. The standard InChI is InChI=1S/C31H38FN7O3.C30H37FN6O4.C25H29FN6O2.S17/c1-6-15-33-27-19-28(35-23-11-7-10-22(32)17-23)34-20-26(27)31(42)37-25-13-8-12-24(18-25)36-30(41)21(2)39(5)29(40)14-9-16-38(3)4;1-7-14-32-25-17-26(34-21-11-8-10-20(31)15-21)33-18-24(25)28(39)36-23-13-9-12-22(16-23)35-27(38)19(2)37(6)29(40)41-30(3,4)5;1-4-11-28-22-14-23(30-18-8-5-7-17(26)12-18)29-15-21(22)25(34)32-20-10-6-9-19(13-20)31-24(33)16(2)27-3;1-3-5-7-9-11-13-15-17-16-14-12-10-8-6-4-2/h7-14,17-21H,6,15-16H2,1-5H3,(H,36,41)(H,37,42)(H2,33,34,35);8-13,15-19H,7,14H2,1-6H3,(H,35,38)(H,36,39)(H2,32,33,34);5-10,12-16,27H,4,11H2,1-3H3,(H,31,33)(H,32,34)(H2,28,29,30);/b14-9+;;;/t21-;19-;16-;/m000./s1. The van der Waals surface area contributed by atoms with Gasteiger partial charge in [0, 0.05) is 290 Å². The summed E-state index contributed by atoms with van der Waals surface area (Å²) in [7, 11) is 33.9. The third-order valence-corrected chi connectivity index (χ3v) is 48.6. The van der Waals surface area contributed by atoms with Crippen LogP contribution in [-0.4, -0.2) is 162 Å². The number of aromatic nitrogens is 3. The Morgan fingerprint density at radius 3 is 0.993 bits per heavy atom. The molecule has 0 saturated heterocycles. The minimum Gasteiger partial charge on any atom is -0.444 e. The van der Waals surface area contributed by atoms with Gasteiger partial charge in [-0.3, -0.25) is 38.5 Å². The molecule has 0 spiro atoms. The molecular weight excluding hydrogens is 2050 g/mol. The van der Waals surface area contributed by atoms with Crippen LogP contribution >= 0.6 is 0 Å². The van der Waals surface area contributed by atoms with Crippen LogP contribution in [0.25, 0.3) is 0 Å². The van der Waals surface area contributed by atoms with Gasteiger partial charge in [0.1, 0.15) is 52.6 Å². The van der Waals surface area contributed by atoms with Gasteiger partial charge < -0.3 is 83.7 Å². The predicted molar refractivity (Wildman–Crippen MR) is 584 cm³/mol. The van der Waals surface area contributed by atoms with Crippen molar-refractivity contribution in [2.24, 2.45) is 0 Å². The minimum absolute atomic E-state index is 0.178. The summed E-state index contributed by atoms with van der Waals surface area (Å²) in [5, 5.41) is 38.7. The van der Waals surface area contributed by atoms with Crippen LogP contribution in [-0.2, 0) is 179 Å². The number of nitrogens with zero attached hydrogens (tertiary/aromatic N) is 6. The molecule has 0 saturated carbocycles. The van der Waals surface area contributed by atoms with Crippen molar-refractivity contribution in [1.82, 2.24) is 35.0 Å². The first kappa shape index (κ1) is 113. The van der Waals surface area contributed by atoms with Crippen molar-refractivity contribution in [1.29, 1.82) is 0 Å². The van der Waals surface area contributed by atoms with Gasteiger partial charge in [-0.2, -0.15) is 0 Å². The van der Waals surface area contributed by atoms with Gasteiger partial charge in [0.05, 0.1) is 39.8 Å². The van der Waals surface area contributed by atoms with Gasteiger partial charge in [-0.25, -0.2) is 32.9 Å². The van der Waals surface area contributed by atoms with E-state index in [1.54, 1.807) is 305 Å². The molecule has 0 fully saturated rings. The lowest BCUT2D eigenvalue weighted by atomic mass is 10.2. The number of amides is 8. The quantitative estimate of drug-likeness (QED) is 0.0170. The van der Waals surface area contributed by atoms with Crippen LogP contribution in [0, 0.1) is 17.5 Å². The molecule has 48 heteroatoms. The fraction of sp³-hybridized carbons (Fsp3) is 0.291. The van der Waals surface area contributed by atoms with Crippen LogP contribution in [0.2, 0.25) is 0 Å². The lowest BCUT2D eigenvalue weighted by molar-refractivity contribution is -0.132. The van der Waals surface area contributed by atoms with Gasteiger partial charge in [-0.1, -0.05) is 63.2 Å². The summed E-state index contributed by atoms with van der Waals surface area (Å²) >= 11 is 9.48. The van der Waals surface area contributed by atoms with E-state index in [0.29, 0.717) is 129 Å². The van der Waals surface area contributed by atoms with Crippen molar-refractivity contribution in [2.75, 3.05) is 125 Å². The maximum atomic E-state index is 13.6. The lowest BCUT2D eigenvalue weighted by Crippen LogP contribution is -2.45. The van der Waals surface area contributed by atoms with Crippen molar-refractivity contribution in [3.8, 4) is 0 Å². The highest BCUT2D eigenvalue weighted by atomic mass is 33.5. The van der Waals surface area contributed by atoms with E-state index in [2.05, 4.69) is 84.1 Å². The predicted octanol–water partition coefficient (Wildman–Crippen LogP) is 15.7. The second-order valence-electron chi connectivity index (χ2n) is 29.2. The molecule has 3 aromatic heterocycles. The van der Waals surface area contributed by atoms with E-state index in [1.165, 1.54) is 95.7 Å². The third-order valence-electron chi connectivity index (χ3n) is 17.5. The van der Waals surface area contributed by atoms with E-state index in [-0.39, 0.29) is 47.1 Å². The fourth-order valence-corrected chi connectivity index (χ4v) is 46.3. The van der Waals surface area contributed by atoms with Crippen LogP contribution < -0.4 is 69.1 Å². The Bertz CT molecular complexity index is 6310. The summed E-state index contributed by atoms with van der Waals surface area (Å²) in [6.07, 6.45) is 9.46. The Balaban J connectivity index is 0.000000285. The third kappa shape index (κ3) is 43.1. The van der Waals surface area contributed by atoms with Crippen molar-refractivity contribution >= 4 is 289 Å². The van der Waals surface area contributed by atoms with E-state index < -0.39 is 41.5 Å². The van der Waals surface area contributed by atoms with Crippen molar-refractivity contribution < 1.29 is 56.3 Å². The molecule has 13 N–H and O–H groups in total. The highest BCUT2D eigenvalue weighted by Crippen LogP contribution is 2.30. The monoisotopic (exact) mass is 2150 g/mol. The number of nitrogens with one attached hydrogen (secondary N) is 13. The van der Waals surface area contributed by atoms with Crippen LogP contribution in [0.1, 0.15) is 113 Å². The molecular formula is C86H104F3N19O9S17. The van der Waals surface area contributed by atoms with Gasteiger partial charge in [0.15, 0.2) is 0 Å². The minimum atomic E-state index is -0.805. The number of ether oxygens (including phenoxy) is 1. The zero-order chi connectivity index (χ0) is 97.9. The molecule has 0 radical (unpaired) electrons. The van der Waals surface area contributed by atoms with Gasteiger partial charge in [-0.05, 0) is 191 Å². The zero-order valence-electron chi connectivity index (χ0n) is 75.1. The first-order chi connectivity index (χ1) is 64.2. The first-order valence-electron chi connectivity index (χ1n) is 40.7. The van der Waals surface area contributed by atoms with Crippen LogP contribution in [0.5, 0.6) is 0 Å². The number of carbonyl (C=O) groups excluding carboxylic acids is 8. The van der Waals surface area contributed by atoms with Crippen LogP contribution in [0.4, 0.5) is 104 Å². The number of pyridine rings is 3. The van der Waals surface area contributed by atoms with Gasteiger partial charge in [-0.15, -0.1) is 0 Å². The molecule has 8 amide bonds. The maximum absolute atomic E-state index is 13.6. The largest absolute Gasteiger partial charge is 0.444 e. The second-order valence-corrected chi connectivity index (χ2v) is 55.7. The number of benzene rings is 6. The molecule has 0 unspecified atom stereocenters. The number of halogens is 3. The Kier molecular flexibility index (Phi) is 52.4. The van der Waals surface area contributed by atoms with Gasteiger partial charge in [0.2, 0.25) is 23.6 Å². The highest BCUT2D eigenvalue weighted by Gasteiger charge is 2.28. The number of rotatable bonds is 33. The van der Waals surface area contributed by atoms with Gasteiger partial charge >= 0.3 is 6.09 Å². The van der Waals surface area contributed by atoms with Crippen molar-refractivity contribution in [3.05, 3.63) is 229 Å². The lowest BCUT2D eigenvalue weighted by Gasteiger charge is -2.28. The van der Waals surface area contributed by atoms with E-state index in [9.17, 15) is 51.5 Å². The van der Waals surface area contributed by atoms with Crippen LogP contribution in [0.3, 0.4) is 0 Å².